The van der Waals surface area contributed by atoms with Crippen LogP contribution < -0.4 is 0 Å². The maximum absolute atomic E-state index is 14.0. The van der Waals surface area contributed by atoms with Gasteiger partial charge in [0.2, 0.25) is 5.50 Å². The molecule has 1 atom stereocenters. The first kappa shape index (κ1) is 24.4. The lowest BCUT2D eigenvalue weighted by Gasteiger charge is -2.35. The van der Waals surface area contributed by atoms with E-state index in [1.807, 2.05) is 30.3 Å². The number of hydrogen-bond donors (Lipinski definition) is 0. The molecule has 6 nitrogen and oxygen atoms in total. The lowest BCUT2D eigenvalue weighted by molar-refractivity contribution is -0.137. The molecule has 0 bridgehead atoms. The number of benzene rings is 1. The molecule has 7 heteroatoms. The molecule has 1 aromatic rings. The van der Waals surface area contributed by atoms with Crippen LogP contribution in [-0.2, 0) is 27.9 Å². The zero-order valence-corrected chi connectivity index (χ0v) is 19.8. The van der Waals surface area contributed by atoms with Crippen LogP contribution in [0.15, 0.2) is 53.7 Å². The Bertz CT molecular complexity index is 823. The van der Waals surface area contributed by atoms with Crippen molar-refractivity contribution in [2.45, 2.75) is 72.0 Å². The molecule has 1 aliphatic heterocycles. The van der Waals surface area contributed by atoms with Gasteiger partial charge in [0.25, 0.3) is 0 Å². The van der Waals surface area contributed by atoms with E-state index >= 15 is 0 Å². The van der Waals surface area contributed by atoms with E-state index in [9.17, 15) is 9.36 Å². The van der Waals surface area contributed by atoms with Crippen LogP contribution in [0.4, 0.5) is 0 Å². The summed E-state index contributed by atoms with van der Waals surface area (Å²) in [6.07, 6.45) is 3.50. The Balaban J connectivity index is 2.54. The highest BCUT2D eigenvalue weighted by atomic mass is 31.2. The second kappa shape index (κ2) is 9.51. The first-order valence-electron chi connectivity index (χ1n) is 10.2. The van der Waals surface area contributed by atoms with Crippen molar-refractivity contribution in [3.05, 3.63) is 59.3 Å². The number of ether oxygens (including phenoxy) is 2. The highest BCUT2D eigenvalue weighted by Gasteiger charge is 2.43. The van der Waals surface area contributed by atoms with Gasteiger partial charge in [0.1, 0.15) is 5.76 Å². The van der Waals surface area contributed by atoms with Crippen LogP contribution in [0.1, 0.15) is 66.4 Å². The fraction of sp³-hybridized carbons (Fsp3) is 0.522. The minimum atomic E-state index is -3.85. The van der Waals surface area contributed by atoms with E-state index < -0.39 is 24.8 Å². The molecule has 1 heterocycles. The molecule has 166 valence electrons. The molecule has 30 heavy (non-hydrogen) atoms. The van der Waals surface area contributed by atoms with Crippen molar-refractivity contribution < 1.29 is 27.9 Å². The van der Waals surface area contributed by atoms with Crippen LogP contribution in [0, 0.1) is 0 Å². The number of hydrogen-bond acceptors (Lipinski definition) is 6. The topological polar surface area (TPSA) is 71.1 Å². The van der Waals surface area contributed by atoms with Gasteiger partial charge in [-0.25, -0.2) is 4.79 Å². The minimum absolute atomic E-state index is 0.0861. The standard InChI is InChI=1S/C23H33O6P/c1-8-26-20(24)16-19-14-18(17-12-10-9-11-13-17)15-21(27-19)30(25,28-22(2,3)4)29-23(5,6)7/h9-13,15-16,18H,8,14H2,1-7H3/b19-16+. The van der Waals surface area contributed by atoms with E-state index in [0.717, 1.165) is 5.56 Å². The number of rotatable bonds is 6. The van der Waals surface area contributed by atoms with Gasteiger partial charge in [-0.2, -0.15) is 0 Å². The van der Waals surface area contributed by atoms with Crippen LogP contribution in [0.2, 0.25) is 0 Å². The number of carbonyl (C=O) groups excluding carboxylic acids is 1. The molecule has 2 rings (SSSR count). The molecule has 0 amide bonds. The zero-order valence-electron chi connectivity index (χ0n) is 18.9. The Hall–Kier alpha value is -1.88. The summed E-state index contributed by atoms with van der Waals surface area (Å²) in [5, 5.41) is 0. The molecule has 0 fully saturated rings. The van der Waals surface area contributed by atoms with Gasteiger partial charge in [-0.1, -0.05) is 30.3 Å². The minimum Gasteiger partial charge on any atom is -0.463 e. The molecule has 0 aromatic heterocycles. The van der Waals surface area contributed by atoms with Gasteiger partial charge in [0.15, 0.2) is 0 Å². The summed E-state index contributed by atoms with van der Waals surface area (Å²) in [6.45, 7) is 12.8. The zero-order chi connectivity index (χ0) is 22.6. The Labute approximate surface area is 179 Å². The Morgan fingerprint density at radius 2 is 1.67 bits per heavy atom. The van der Waals surface area contributed by atoms with E-state index in [-0.39, 0.29) is 18.0 Å². The summed E-state index contributed by atoms with van der Waals surface area (Å²) in [5.41, 5.74) is -0.389. The van der Waals surface area contributed by atoms with E-state index in [1.54, 1.807) is 54.5 Å². The second-order valence-corrected chi connectivity index (χ2v) is 10.9. The summed E-state index contributed by atoms with van der Waals surface area (Å²) in [7, 11) is -3.85. The van der Waals surface area contributed by atoms with E-state index in [1.165, 1.54) is 6.08 Å². The summed E-state index contributed by atoms with van der Waals surface area (Å²) in [6, 6.07) is 9.76. The number of esters is 1. The Morgan fingerprint density at radius 3 is 2.17 bits per heavy atom. The Morgan fingerprint density at radius 1 is 1.10 bits per heavy atom. The van der Waals surface area contributed by atoms with Crippen molar-refractivity contribution in [3.8, 4) is 0 Å². The molecule has 0 saturated carbocycles. The lowest BCUT2D eigenvalue weighted by Crippen LogP contribution is -2.25. The Kier molecular flexibility index (Phi) is 7.73. The van der Waals surface area contributed by atoms with Crippen molar-refractivity contribution in [1.82, 2.24) is 0 Å². The van der Waals surface area contributed by atoms with Crippen molar-refractivity contribution in [1.29, 1.82) is 0 Å². The molecule has 0 saturated heterocycles. The predicted octanol–water partition coefficient (Wildman–Crippen LogP) is 6.30. The number of allylic oxidation sites excluding steroid dienone is 2. The third-order valence-electron chi connectivity index (χ3n) is 3.85. The van der Waals surface area contributed by atoms with E-state index in [2.05, 4.69) is 0 Å². The molecule has 1 aliphatic rings. The van der Waals surface area contributed by atoms with E-state index in [0.29, 0.717) is 12.2 Å². The van der Waals surface area contributed by atoms with Gasteiger partial charge in [-0.05, 0) is 60.1 Å². The SMILES string of the molecule is CCOC(=O)/C=C1\CC(c2ccccc2)C=C(P(=O)(OC(C)(C)C)OC(C)(C)C)O1. The molecular formula is C23H33O6P. The largest absolute Gasteiger partial charge is 0.463 e. The molecule has 0 radical (unpaired) electrons. The van der Waals surface area contributed by atoms with Crippen LogP contribution in [0.25, 0.3) is 0 Å². The summed E-state index contributed by atoms with van der Waals surface area (Å²) in [5.74, 6) is -0.310. The average molecular weight is 436 g/mol. The third-order valence-corrected chi connectivity index (χ3v) is 6.21. The molecule has 1 unspecified atom stereocenters. The smallest absolute Gasteiger partial charge is 0.396 e. The maximum Gasteiger partial charge on any atom is 0.396 e. The molecule has 0 N–H and O–H groups in total. The highest BCUT2D eigenvalue weighted by Crippen LogP contribution is 2.63. The summed E-state index contributed by atoms with van der Waals surface area (Å²) in [4.78, 5) is 12.0. The van der Waals surface area contributed by atoms with Gasteiger partial charge in [0, 0.05) is 12.3 Å². The fourth-order valence-corrected chi connectivity index (χ4v) is 5.20. The normalized spacial score (nSPS) is 19.2. The van der Waals surface area contributed by atoms with Crippen molar-refractivity contribution >= 4 is 13.6 Å². The van der Waals surface area contributed by atoms with Crippen molar-refractivity contribution in [3.63, 3.8) is 0 Å². The second-order valence-electron chi connectivity index (χ2n) is 9.10. The van der Waals surface area contributed by atoms with Crippen LogP contribution in [0.5, 0.6) is 0 Å². The number of carbonyl (C=O) groups is 1. The van der Waals surface area contributed by atoms with Gasteiger partial charge >= 0.3 is 13.6 Å². The lowest BCUT2D eigenvalue weighted by atomic mass is 9.93. The summed E-state index contributed by atoms with van der Waals surface area (Å²) < 4.78 is 36.7. The van der Waals surface area contributed by atoms with Gasteiger partial charge in [-0.3, -0.25) is 13.6 Å². The van der Waals surface area contributed by atoms with Crippen LogP contribution >= 0.6 is 7.60 Å². The molecule has 0 aliphatic carbocycles. The van der Waals surface area contributed by atoms with Crippen LogP contribution in [0.3, 0.4) is 0 Å². The maximum atomic E-state index is 14.0. The predicted molar refractivity (Wildman–Crippen MR) is 117 cm³/mol. The average Bonchev–Trinajstić information content (AvgIpc) is 2.59. The fourth-order valence-electron chi connectivity index (χ4n) is 2.95. The van der Waals surface area contributed by atoms with E-state index in [4.69, 9.17) is 18.5 Å². The van der Waals surface area contributed by atoms with Crippen molar-refractivity contribution in [2.75, 3.05) is 6.61 Å². The summed E-state index contributed by atoms with van der Waals surface area (Å²) >= 11 is 0. The first-order valence-corrected chi connectivity index (χ1v) is 11.7. The molecular weight excluding hydrogens is 403 g/mol. The monoisotopic (exact) mass is 436 g/mol. The molecule has 0 spiro atoms. The molecule has 1 aromatic carbocycles. The van der Waals surface area contributed by atoms with Gasteiger partial charge in [-0.15, -0.1) is 0 Å². The van der Waals surface area contributed by atoms with Gasteiger partial charge < -0.3 is 9.47 Å². The van der Waals surface area contributed by atoms with Crippen LogP contribution in [-0.4, -0.2) is 23.8 Å². The highest BCUT2D eigenvalue weighted by molar-refractivity contribution is 7.58. The van der Waals surface area contributed by atoms with Gasteiger partial charge in [0.05, 0.1) is 23.9 Å². The van der Waals surface area contributed by atoms with Crippen molar-refractivity contribution in [2.24, 2.45) is 0 Å². The quantitative estimate of drug-likeness (QED) is 0.296. The first-order chi connectivity index (χ1) is 13.8. The third kappa shape index (κ3) is 7.42.